The number of carbonyl (C=O) groups is 1. The molecule has 6 nitrogen and oxygen atoms in total. The first-order valence-electron chi connectivity index (χ1n) is 5.55. The van der Waals surface area contributed by atoms with Gasteiger partial charge in [0.2, 0.25) is 0 Å². The fourth-order valence-corrected chi connectivity index (χ4v) is 1.68. The predicted octanol–water partition coefficient (Wildman–Crippen LogP) is 2.07. The van der Waals surface area contributed by atoms with Gasteiger partial charge < -0.3 is 9.84 Å². The Morgan fingerprint density at radius 2 is 2.37 bits per heavy atom. The average molecular weight is 282 g/mol. The van der Waals surface area contributed by atoms with Crippen LogP contribution in [0.4, 0.5) is 10.5 Å². The number of nitrogens with zero attached hydrogens (tertiary/aromatic N) is 2. The highest BCUT2D eigenvalue weighted by Gasteiger charge is 2.10. The quantitative estimate of drug-likeness (QED) is 0.899. The Kier molecular flexibility index (Phi) is 4.38. The third kappa shape index (κ3) is 3.46. The van der Waals surface area contributed by atoms with E-state index in [0.717, 1.165) is 0 Å². The standard InChI is InChI=1S/C12H12ClN3O3/c13-9-2-3-11(16-5-1-4-14-16)10(8-9)15-12(18)19-7-6-17/h1-5,8,17H,6-7H2,(H,15,18). The van der Waals surface area contributed by atoms with Crippen molar-refractivity contribution in [3.8, 4) is 5.69 Å². The number of hydrogen-bond acceptors (Lipinski definition) is 4. The van der Waals surface area contributed by atoms with Crippen LogP contribution in [0, 0.1) is 0 Å². The summed E-state index contributed by atoms with van der Waals surface area (Å²) in [6.07, 6.45) is 2.71. The smallest absolute Gasteiger partial charge is 0.411 e. The van der Waals surface area contributed by atoms with Gasteiger partial charge in [-0.2, -0.15) is 5.10 Å². The van der Waals surface area contributed by atoms with Crippen molar-refractivity contribution in [3.63, 3.8) is 0 Å². The fourth-order valence-electron chi connectivity index (χ4n) is 1.50. The highest BCUT2D eigenvalue weighted by molar-refractivity contribution is 6.31. The lowest BCUT2D eigenvalue weighted by molar-refractivity contribution is 0.131. The molecule has 0 aliphatic heterocycles. The van der Waals surface area contributed by atoms with Crippen LogP contribution < -0.4 is 5.32 Å². The first kappa shape index (κ1) is 13.4. The van der Waals surface area contributed by atoms with E-state index < -0.39 is 6.09 Å². The molecule has 0 atom stereocenters. The van der Waals surface area contributed by atoms with E-state index in [1.807, 2.05) is 0 Å². The van der Waals surface area contributed by atoms with Crippen molar-refractivity contribution in [1.82, 2.24) is 9.78 Å². The Morgan fingerprint density at radius 1 is 1.53 bits per heavy atom. The summed E-state index contributed by atoms with van der Waals surface area (Å²) in [7, 11) is 0. The number of anilines is 1. The molecule has 2 N–H and O–H groups in total. The minimum Gasteiger partial charge on any atom is -0.447 e. The molecule has 19 heavy (non-hydrogen) atoms. The van der Waals surface area contributed by atoms with Crippen LogP contribution >= 0.6 is 11.6 Å². The number of ether oxygens (including phenoxy) is 1. The SMILES string of the molecule is O=C(Nc1cc(Cl)ccc1-n1cccn1)OCCO. The molecule has 2 rings (SSSR count). The first-order valence-corrected chi connectivity index (χ1v) is 5.92. The largest absolute Gasteiger partial charge is 0.447 e. The van der Waals surface area contributed by atoms with Crippen LogP contribution in [-0.2, 0) is 4.74 Å². The molecule has 0 unspecified atom stereocenters. The summed E-state index contributed by atoms with van der Waals surface area (Å²) in [5, 5.41) is 15.7. The van der Waals surface area contributed by atoms with Crippen LogP contribution in [0.15, 0.2) is 36.7 Å². The molecular weight excluding hydrogens is 270 g/mol. The summed E-state index contributed by atoms with van der Waals surface area (Å²) >= 11 is 5.90. The summed E-state index contributed by atoms with van der Waals surface area (Å²) in [5.41, 5.74) is 1.13. The van der Waals surface area contributed by atoms with E-state index in [0.29, 0.717) is 16.4 Å². The van der Waals surface area contributed by atoms with E-state index >= 15 is 0 Å². The zero-order valence-corrected chi connectivity index (χ0v) is 10.7. The van der Waals surface area contributed by atoms with Crippen molar-refractivity contribution < 1.29 is 14.6 Å². The number of halogens is 1. The number of aliphatic hydroxyl groups excluding tert-OH is 1. The molecule has 7 heteroatoms. The maximum atomic E-state index is 11.5. The van der Waals surface area contributed by atoms with Gasteiger partial charge in [0.1, 0.15) is 6.61 Å². The zero-order valence-electron chi connectivity index (χ0n) is 9.91. The Hall–Kier alpha value is -2.05. The van der Waals surface area contributed by atoms with E-state index in [2.05, 4.69) is 10.4 Å². The monoisotopic (exact) mass is 281 g/mol. The van der Waals surface area contributed by atoms with Crippen molar-refractivity contribution in [3.05, 3.63) is 41.7 Å². The Bertz CT molecular complexity index is 557. The summed E-state index contributed by atoms with van der Waals surface area (Å²) in [6, 6.07) is 6.79. The second kappa shape index (κ2) is 6.21. The van der Waals surface area contributed by atoms with Gasteiger partial charge in [-0.05, 0) is 24.3 Å². The van der Waals surface area contributed by atoms with Crippen molar-refractivity contribution >= 4 is 23.4 Å². The third-order valence-electron chi connectivity index (χ3n) is 2.27. The maximum Gasteiger partial charge on any atom is 0.411 e. The van der Waals surface area contributed by atoms with Gasteiger partial charge in [0.05, 0.1) is 18.0 Å². The lowest BCUT2D eigenvalue weighted by Gasteiger charge is -2.11. The second-order valence-electron chi connectivity index (χ2n) is 3.60. The van der Waals surface area contributed by atoms with Gasteiger partial charge in [-0.25, -0.2) is 9.48 Å². The molecule has 0 spiro atoms. The van der Waals surface area contributed by atoms with Gasteiger partial charge in [0.15, 0.2) is 0 Å². The number of nitrogens with one attached hydrogen (secondary N) is 1. The van der Waals surface area contributed by atoms with Crippen molar-refractivity contribution in [2.75, 3.05) is 18.5 Å². The molecule has 0 aliphatic rings. The van der Waals surface area contributed by atoms with Crippen LogP contribution in [0.1, 0.15) is 0 Å². The third-order valence-corrected chi connectivity index (χ3v) is 2.51. The number of carbonyl (C=O) groups excluding carboxylic acids is 1. The molecule has 0 fully saturated rings. The maximum absolute atomic E-state index is 11.5. The molecule has 0 bridgehead atoms. The van der Waals surface area contributed by atoms with Gasteiger partial charge in [-0.1, -0.05) is 11.6 Å². The van der Waals surface area contributed by atoms with Crippen molar-refractivity contribution in [1.29, 1.82) is 0 Å². The number of aromatic nitrogens is 2. The lowest BCUT2D eigenvalue weighted by Crippen LogP contribution is -2.17. The normalized spacial score (nSPS) is 10.2. The zero-order chi connectivity index (χ0) is 13.7. The number of hydrogen-bond donors (Lipinski definition) is 2. The number of amides is 1. The Labute approximate surface area is 114 Å². The van der Waals surface area contributed by atoms with Crippen LogP contribution in [0.25, 0.3) is 5.69 Å². The minimum atomic E-state index is -0.662. The van der Waals surface area contributed by atoms with Crippen LogP contribution in [0.5, 0.6) is 0 Å². The van der Waals surface area contributed by atoms with Gasteiger partial charge >= 0.3 is 6.09 Å². The molecule has 1 aromatic heterocycles. The van der Waals surface area contributed by atoms with E-state index in [9.17, 15) is 4.79 Å². The molecule has 0 aliphatic carbocycles. The highest BCUT2D eigenvalue weighted by Crippen LogP contribution is 2.24. The predicted molar refractivity (Wildman–Crippen MR) is 70.6 cm³/mol. The topological polar surface area (TPSA) is 76.4 Å². The van der Waals surface area contributed by atoms with Crippen molar-refractivity contribution in [2.24, 2.45) is 0 Å². The molecule has 2 aromatic rings. The fraction of sp³-hybridized carbons (Fsp3) is 0.167. The highest BCUT2D eigenvalue weighted by atomic mass is 35.5. The molecule has 1 aromatic carbocycles. The van der Waals surface area contributed by atoms with E-state index in [4.69, 9.17) is 21.4 Å². The second-order valence-corrected chi connectivity index (χ2v) is 4.03. The van der Waals surface area contributed by atoms with Gasteiger partial charge in [0.25, 0.3) is 0 Å². The summed E-state index contributed by atoms with van der Waals surface area (Å²) in [6.45, 7) is -0.293. The summed E-state index contributed by atoms with van der Waals surface area (Å²) in [5.74, 6) is 0. The Balaban J connectivity index is 2.23. The van der Waals surface area contributed by atoms with Gasteiger partial charge in [-0.15, -0.1) is 0 Å². The summed E-state index contributed by atoms with van der Waals surface area (Å²) < 4.78 is 6.33. The lowest BCUT2D eigenvalue weighted by atomic mass is 10.2. The van der Waals surface area contributed by atoms with Crippen LogP contribution in [0.3, 0.4) is 0 Å². The summed E-state index contributed by atoms with van der Waals surface area (Å²) in [4.78, 5) is 11.5. The van der Waals surface area contributed by atoms with E-state index in [-0.39, 0.29) is 13.2 Å². The van der Waals surface area contributed by atoms with Crippen LogP contribution in [-0.4, -0.2) is 34.2 Å². The molecule has 0 radical (unpaired) electrons. The van der Waals surface area contributed by atoms with Crippen LogP contribution in [0.2, 0.25) is 5.02 Å². The number of rotatable bonds is 4. The molecule has 0 saturated heterocycles. The van der Waals surface area contributed by atoms with Gasteiger partial charge in [-0.3, -0.25) is 5.32 Å². The van der Waals surface area contributed by atoms with Crippen molar-refractivity contribution in [2.45, 2.75) is 0 Å². The molecule has 0 saturated carbocycles. The molecule has 100 valence electrons. The Morgan fingerprint density at radius 3 is 3.05 bits per heavy atom. The number of benzene rings is 1. The minimum absolute atomic E-state index is 0.0660. The number of aliphatic hydroxyl groups is 1. The average Bonchev–Trinajstić information content (AvgIpc) is 2.90. The molecular formula is C12H12ClN3O3. The molecule has 1 heterocycles. The van der Waals surface area contributed by atoms with E-state index in [1.165, 1.54) is 0 Å². The first-order chi connectivity index (χ1) is 9.20. The molecule has 1 amide bonds. The van der Waals surface area contributed by atoms with E-state index in [1.54, 1.807) is 41.3 Å². The van der Waals surface area contributed by atoms with Gasteiger partial charge in [0, 0.05) is 17.4 Å².